The lowest BCUT2D eigenvalue weighted by atomic mass is 10.0. The third kappa shape index (κ3) is 4.11. The van der Waals surface area contributed by atoms with E-state index in [1.807, 2.05) is 0 Å². The van der Waals surface area contributed by atoms with E-state index in [4.69, 9.17) is 19.7 Å². The Morgan fingerprint density at radius 2 is 1.84 bits per heavy atom. The molecule has 0 fully saturated rings. The van der Waals surface area contributed by atoms with E-state index in [2.05, 4.69) is 0 Å². The average molecular weight is 270 g/mol. The van der Waals surface area contributed by atoms with Crippen LogP contribution in [0.1, 0.15) is 12.0 Å². The Balaban J connectivity index is 2.65. The van der Waals surface area contributed by atoms with Crippen molar-refractivity contribution in [2.45, 2.75) is 25.0 Å². The number of aliphatic carboxylic acids is 1. The Morgan fingerprint density at radius 1 is 1.21 bits per heavy atom. The van der Waals surface area contributed by atoms with Gasteiger partial charge < -0.3 is 24.8 Å². The standard InChI is InChI=1S/C13H18O6/c1-18-10-6-4-8(7-11(10)19-2)3-5-9(14)12(15)13(16)17/h4,6-7,9,12,14-15H,3,5H2,1-2H3,(H,16,17). The summed E-state index contributed by atoms with van der Waals surface area (Å²) in [7, 11) is 3.05. The fraction of sp³-hybridized carbons (Fsp3) is 0.462. The van der Waals surface area contributed by atoms with Crippen LogP contribution in [-0.4, -0.2) is 47.7 Å². The molecule has 0 saturated heterocycles. The first-order valence-electron chi connectivity index (χ1n) is 5.79. The number of aliphatic hydroxyl groups excluding tert-OH is 2. The smallest absolute Gasteiger partial charge is 0.335 e. The van der Waals surface area contributed by atoms with Crippen LogP contribution >= 0.6 is 0 Å². The molecule has 2 unspecified atom stereocenters. The second-order valence-electron chi connectivity index (χ2n) is 4.08. The van der Waals surface area contributed by atoms with Gasteiger partial charge >= 0.3 is 5.97 Å². The van der Waals surface area contributed by atoms with E-state index in [1.165, 1.54) is 14.2 Å². The van der Waals surface area contributed by atoms with Crippen LogP contribution in [-0.2, 0) is 11.2 Å². The number of ether oxygens (including phenoxy) is 2. The van der Waals surface area contributed by atoms with Gasteiger partial charge in [-0.2, -0.15) is 0 Å². The summed E-state index contributed by atoms with van der Waals surface area (Å²) in [6, 6.07) is 5.27. The van der Waals surface area contributed by atoms with Gasteiger partial charge in [-0.25, -0.2) is 4.79 Å². The van der Waals surface area contributed by atoms with Gasteiger partial charge in [0.1, 0.15) is 0 Å². The summed E-state index contributed by atoms with van der Waals surface area (Å²) >= 11 is 0. The van der Waals surface area contributed by atoms with E-state index >= 15 is 0 Å². The van der Waals surface area contributed by atoms with E-state index in [9.17, 15) is 9.90 Å². The van der Waals surface area contributed by atoms with Crippen molar-refractivity contribution in [1.82, 2.24) is 0 Å². The van der Waals surface area contributed by atoms with Gasteiger partial charge in [0.15, 0.2) is 17.6 Å². The van der Waals surface area contributed by atoms with Crippen LogP contribution in [0.2, 0.25) is 0 Å². The molecule has 0 aliphatic carbocycles. The summed E-state index contributed by atoms with van der Waals surface area (Å²) in [5.41, 5.74) is 0.856. The number of rotatable bonds is 7. The van der Waals surface area contributed by atoms with E-state index in [0.717, 1.165) is 5.56 Å². The molecular formula is C13H18O6. The Morgan fingerprint density at radius 3 is 2.37 bits per heavy atom. The molecule has 0 bridgehead atoms. The number of aryl methyl sites for hydroxylation is 1. The molecule has 0 saturated carbocycles. The molecule has 106 valence electrons. The van der Waals surface area contributed by atoms with Crippen molar-refractivity contribution in [1.29, 1.82) is 0 Å². The van der Waals surface area contributed by atoms with Crippen molar-refractivity contribution in [3.8, 4) is 11.5 Å². The van der Waals surface area contributed by atoms with Gasteiger partial charge in [-0.15, -0.1) is 0 Å². The SMILES string of the molecule is COc1ccc(CCC(O)C(O)C(=O)O)cc1OC. The first kappa shape index (κ1) is 15.3. The van der Waals surface area contributed by atoms with Crippen LogP contribution in [0.3, 0.4) is 0 Å². The Kier molecular flexibility index (Phi) is 5.59. The highest BCUT2D eigenvalue weighted by Crippen LogP contribution is 2.28. The summed E-state index contributed by atoms with van der Waals surface area (Å²) in [6.45, 7) is 0. The van der Waals surface area contributed by atoms with E-state index < -0.39 is 18.2 Å². The van der Waals surface area contributed by atoms with Crippen LogP contribution < -0.4 is 9.47 Å². The van der Waals surface area contributed by atoms with Crippen LogP contribution in [0.4, 0.5) is 0 Å². The zero-order valence-electron chi connectivity index (χ0n) is 10.9. The number of methoxy groups -OCH3 is 2. The molecule has 0 amide bonds. The van der Waals surface area contributed by atoms with Gasteiger partial charge in [-0.05, 0) is 30.5 Å². The van der Waals surface area contributed by atoms with E-state index in [0.29, 0.717) is 17.9 Å². The molecule has 6 nitrogen and oxygen atoms in total. The number of benzene rings is 1. The lowest BCUT2D eigenvalue weighted by Crippen LogP contribution is -2.33. The maximum Gasteiger partial charge on any atom is 0.335 e. The normalized spacial score (nSPS) is 13.7. The summed E-state index contributed by atoms with van der Waals surface area (Å²) in [5, 5.41) is 27.2. The average Bonchev–Trinajstić information content (AvgIpc) is 2.43. The Labute approximate surface area is 111 Å². The summed E-state index contributed by atoms with van der Waals surface area (Å²) < 4.78 is 10.2. The number of hydrogen-bond donors (Lipinski definition) is 3. The minimum atomic E-state index is -1.76. The predicted octanol–water partition coefficient (Wildman–Crippen LogP) is 0.443. The fourth-order valence-corrected chi connectivity index (χ4v) is 1.67. The van der Waals surface area contributed by atoms with Gasteiger partial charge in [0.2, 0.25) is 0 Å². The number of hydrogen-bond acceptors (Lipinski definition) is 5. The quantitative estimate of drug-likeness (QED) is 0.665. The molecule has 19 heavy (non-hydrogen) atoms. The Hall–Kier alpha value is -1.79. The number of carboxylic acid groups (broad SMARTS) is 1. The van der Waals surface area contributed by atoms with Crippen molar-refractivity contribution in [3.05, 3.63) is 23.8 Å². The molecule has 0 radical (unpaired) electrons. The van der Waals surface area contributed by atoms with Crippen molar-refractivity contribution >= 4 is 5.97 Å². The first-order chi connectivity index (χ1) is 8.99. The predicted molar refractivity (Wildman–Crippen MR) is 67.5 cm³/mol. The molecule has 0 spiro atoms. The summed E-state index contributed by atoms with van der Waals surface area (Å²) in [6.07, 6.45) is -2.50. The largest absolute Gasteiger partial charge is 0.493 e. The van der Waals surface area contributed by atoms with Crippen molar-refractivity contribution in [2.24, 2.45) is 0 Å². The molecule has 1 aromatic rings. The maximum absolute atomic E-state index is 10.5. The lowest BCUT2D eigenvalue weighted by molar-refractivity contribution is -0.152. The molecular weight excluding hydrogens is 252 g/mol. The maximum atomic E-state index is 10.5. The van der Waals surface area contributed by atoms with Crippen LogP contribution in [0.25, 0.3) is 0 Å². The second kappa shape index (κ2) is 6.96. The summed E-state index contributed by atoms with van der Waals surface area (Å²) in [4.78, 5) is 10.5. The van der Waals surface area contributed by atoms with Crippen LogP contribution in [0.15, 0.2) is 18.2 Å². The third-order valence-corrected chi connectivity index (χ3v) is 2.79. The minimum Gasteiger partial charge on any atom is -0.493 e. The first-order valence-corrected chi connectivity index (χ1v) is 5.79. The summed E-state index contributed by atoms with van der Waals surface area (Å²) in [5.74, 6) is -0.273. The van der Waals surface area contributed by atoms with E-state index in [-0.39, 0.29) is 6.42 Å². The topological polar surface area (TPSA) is 96.2 Å². The third-order valence-electron chi connectivity index (χ3n) is 2.79. The van der Waals surface area contributed by atoms with Crippen molar-refractivity contribution in [3.63, 3.8) is 0 Å². The monoisotopic (exact) mass is 270 g/mol. The van der Waals surface area contributed by atoms with Gasteiger partial charge in [-0.3, -0.25) is 0 Å². The fourth-order valence-electron chi connectivity index (χ4n) is 1.67. The number of carbonyl (C=O) groups is 1. The minimum absolute atomic E-state index is 0.142. The van der Waals surface area contributed by atoms with Crippen molar-refractivity contribution in [2.75, 3.05) is 14.2 Å². The molecule has 3 N–H and O–H groups in total. The van der Waals surface area contributed by atoms with Gasteiger partial charge in [0.05, 0.1) is 20.3 Å². The van der Waals surface area contributed by atoms with Crippen molar-refractivity contribution < 1.29 is 29.6 Å². The van der Waals surface area contributed by atoms with Gasteiger partial charge in [-0.1, -0.05) is 6.07 Å². The highest BCUT2D eigenvalue weighted by atomic mass is 16.5. The van der Waals surface area contributed by atoms with Crippen LogP contribution in [0.5, 0.6) is 11.5 Å². The molecule has 6 heteroatoms. The highest BCUT2D eigenvalue weighted by molar-refractivity contribution is 5.72. The van der Waals surface area contributed by atoms with Gasteiger partial charge in [0, 0.05) is 0 Å². The molecule has 0 aromatic heterocycles. The van der Waals surface area contributed by atoms with Gasteiger partial charge in [0.25, 0.3) is 0 Å². The zero-order valence-corrected chi connectivity index (χ0v) is 10.9. The number of carboxylic acids is 1. The second-order valence-corrected chi connectivity index (χ2v) is 4.08. The lowest BCUT2D eigenvalue weighted by Gasteiger charge is -2.14. The molecule has 1 rings (SSSR count). The highest BCUT2D eigenvalue weighted by Gasteiger charge is 2.23. The molecule has 2 atom stereocenters. The Bertz CT molecular complexity index is 431. The van der Waals surface area contributed by atoms with E-state index in [1.54, 1.807) is 18.2 Å². The zero-order chi connectivity index (χ0) is 14.4. The molecule has 0 aliphatic rings. The molecule has 1 aromatic carbocycles. The van der Waals surface area contributed by atoms with Crippen LogP contribution in [0, 0.1) is 0 Å². The molecule has 0 aliphatic heterocycles. The molecule has 0 heterocycles. The number of aliphatic hydroxyl groups is 2.